The molecule has 0 unspecified atom stereocenters. The maximum Gasteiger partial charge on any atom is 0.119 e. The van der Waals surface area contributed by atoms with Crippen LogP contribution >= 0.6 is 11.8 Å². The van der Waals surface area contributed by atoms with Crippen LogP contribution in [0.25, 0.3) is 6.08 Å². The minimum atomic E-state index is 0.361. The van der Waals surface area contributed by atoms with Crippen molar-refractivity contribution < 1.29 is 5.11 Å². The van der Waals surface area contributed by atoms with Gasteiger partial charge in [-0.25, -0.2) is 0 Å². The average Bonchev–Trinajstić information content (AvgIpc) is 2.52. The smallest absolute Gasteiger partial charge is 0.119 e. The van der Waals surface area contributed by atoms with Crippen LogP contribution in [0.3, 0.4) is 0 Å². The molecule has 0 atom stereocenters. The van der Waals surface area contributed by atoms with Crippen molar-refractivity contribution in [2.24, 2.45) is 0 Å². The topological polar surface area (TPSA) is 20.2 Å². The number of hydrogen-bond acceptors (Lipinski definition) is 2. The summed E-state index contributed by atoms with van der Waals surface area (Å²) in [4.78, 5) is 1.27. The van der Waals surface area contributed by atoms with E-state index in [9.17, 15) is 5.11 Å². The number of aromatic hydroxyl groups is 1. The Morgan fingerprint density at radius 2 is 1.65 bits per heavy atom. The van der Waals surface area contributed by atoms with E-state index in [0.717, 1.165) is 12.0 Å². The maximum absolute atomic E-state index is 9.64. The van der Waals surface area contributed by atoms with Crippen molar-refractivity contribution in [1.29, 1.82) is 0 Å². The second-order valence-corrected chi connectivity index (χ2v) is 4.89. The molecular formula is C18H22OS. The molecule has 2 rings (SSSR count). The molecule has 0 radical (unpaired) electrons. The highest BCUT2D eigenvalue weighted by atomic mass is 32.2. The molecule has 0 aliphatic rings. The van der Waals surface area contributed by atoms with Crippen molar-refractivity contribution >= 4 is 17.8 Å². The van der Waals surface area contributed by atoms with E-state index in [1.165, 1.54) is 10.5 Å². The zero-order valence-corrected chi connectivity index (χ0v) is 13.2. The predicted octanol–water partition coefficient (Wildman–Crippen LogP) is 5.40. The number of hydrogen-bond donors (Lipinski definition) is 1. The summed E-state index contributed by atoms with van der Waals surface area (Å²) >= 11 is 1.74. The fourth-order valence-electron chi connectivity index (χ4n) is 1.72. The molecule has 0 saturated carbocycles. The van der Waals surface area contributed by atoms with Crippen LogP contribution < -0.4 is 0 Å². The van der Waals surface area contributed by atoms with Gasteiger partial charge < -0.3 is 5.11 Å². The molecule has 0 aromatic heterocycles. The van der Waals surface area contributed by atoms with E-state index in [0.29, 0.717) is 5.75 Å². The Kier molecular flexibility index (Phi) is 7.59. The summed E-state index contributed by atoms with van der Waals surface area (Å²) in [5.74, 6) is 0.361. The molecule has 0 spiro atoms. The van der Waals surface area contributed by atoms with Crippen LogP contribution in [-0.2, 0) is 6.42 Å². The lowest BCUT2D eigenvalue weighted by Gasteiger charge is -2.00. The van der Waals surface area contributed by atoms with Crippen LogP contribution in [0.1, 0.15) is 25.0 Å². The Morgan fingerprint density at radius 3 is 2.25 bits per heavy atom. The fraction of sp³-hybridized carbons (Fsp3) is 0.222. The quantitative estimate of drug-likeness (QED) is 0.760. The first-order chi connectivity index (χ1) is 9.79. The highest BCUT2D eigenvalue weighted by molar-refractivity contribution is 7.98. The lowest BCUT2D eigenvalue weighted by molar-refractivity contribution is 0.470. The van der Waals surface area contributed by atoms with Crippen LogP contribution in [0, 0.1) is 0 Å². The Balaban J connectivity index is 0.000000956. The second-order valence-electron chi connectivity index (χ2n) is 4.01. The number of rotatable bonds is 4. The van der Waals surface area contributed by atoms with Gasteiger partial charge in [-0.15, -0.1) is 11.8 Å². The first-order valence-corrected chi connectivity index (χ1v) is 8.09. The van der Waals surface area contributed by atoms with Gasteiger partial charge in [0.2, 0.25) is 0 Å². The third-order valence-electron chi connectivity index (χ3n) is 2.76. The van der Waals surface area contributed by atoms with Gasteiger partial charge in [-0.3, -0.25) is 0 Å². The minimum Gasteiger partial charge on any atom is -0.508 e. The lowest BCUT2D eigenvalue weighted by atomic mass is 10.1. The van der Waals surface area contributed by atoms with Gasteiger partial charge in [0.1, 0.15) is 5.75 Å². The molecule has 2 aromatic rings. The monoisotopic (exact) mass is 286 g/mol. The molecule has 1 N–H and O–H groups in total. The molecule has 0 bridgehead atoms. The van der Waals surface area contributed by atoms with Crippen molar-refractivity contribution in [2.75, 3.05) is 6.26 Å². The highest BCUT2D eigenvalue weighted by Gasteiger charge is 1.96. The third kappa shape index (κ3) is 5.14. The molecule has 106 valence electrons. The molecule has 0 aliphatic carbocycles. The Hall–Kier alpha value is -1.67. The van der Waals surface area contributed by atoms with Gasteiger partial charge in [0.25, 0.3) is 0 Å². The summed E-state index contributed by atoms with van der Waals surface area (Å²) in [6.07, 6.45) is 6.97. The molecule has 2 heteroatoms. The summed E-state index contributed by atoms with van der Waals surface area (Å²) in [6.45, 7) is 4.00. The molecule has 0 heterocycles. The van der Waals surface area contributed by atoms with Gasteiger partial charge in [-0.2, -0.15) is 0 Å². The van der Waals surface area contributed by atoms with E-state index in [2.05, 4.69) is 42.7 Å². The normalized spacial score (nSPS) is 10.2. The number of benzene rings is 2. The SMILES string of the molecule is CC.CSc1ccc(/C=C/Cc2ccccc2O)cc1. The molecular weight excluding hydrogens is 264 g/mol. The minimum absolute atomic E-state index is 0.361. The lowest BCUT2D eigenvalue weighted by Crippen LogP contribution is -1.81. The third-order valence-corrected chi connectivity index (χ3v) is 3.50. The summed E-state index contributed by atoms with van der Waals surface area (Å²) in [5.41, 5.74) is 2.14. The Morgan fingerprint density at radius 1 is 1.00 bits per heavy atom. The molecule has 0 fully saturated rings. The van der Waals surface area contributed by atoms with Crippen LogP contribution in [0.5, 0.6) is 5.75 Å². The molecule has 20 heavy (non-hydrogen) atoms. The molecule has 0 amide bonds. The largest absolute Gasteiger partial charge is 0.508 e. The predicted molar refractivity (Wildman–Crippen MR) is 90.4 cm³/mol. The number of allylic oxidation sites excluding steroid dienone is 1. The highest BCUT2D eigenvalue weighted by Crippen LogP contribution is 2.18. The summed E-state index contributed by atoms with van der Waals surface area (Å²) in [7, 11) is 0. The first kappa shape index (κ1) is 16.4. The summed E-state index contributed by atoms with van der Waals surface area (Å²) in [6, 6.07) is 15.9. The standard InChI is InChI=1S/C16H16OS.C2H6/c1-18-15-11-9-13(10-12-15)5-4-7-14-6-2-3-8-16(14)17;1-2/h2-6,8-12,17H,7H2,1H3;1-2H3/b5-4+;. The first-order valence-electron chi connectivity index (χ1n) is 6.87. The average molecular weight is 286 g/mol. The van der Waals surface area contributed by atoms with E-state index in [-0.39, 0.29) is 0 Å². The van der Waals surface area contributed by atoms with E-state index in [1.54, 1.807) is 17.8 Å². The van der Waals surface area contributed by atoms with Gasteiger partial charge in [-0.1, -0.05) is 56.3 Å². The van der Waals surface area contributed by atoms with Gasteiger partial charge in [0.15, 0.2) is 0 Å². The van der Waals surface area contributed by atoms with E-state index >= 15 is 0 Å². The summed E-state index contributed by atoms with van der Waals surface area (Å²) < 4.78 is 0. The van der Waals surface area contributed by atoms with E-state index in [4.69, 9.17) is 0 Å². The van der Waals surface area contributed by atoms with Gasteiger partial charge in [0.05, 0.1) is 0 Å². The molecule has 2 aromatic carbocycles. The second kappa shape index (κ2) is 9.27. The maximum atomic E-state index is 9.64. The number of para-hydroxylation sites is 1. The Bertz CT molecular complexity index is 529. The summed E-state index contributed by atoms with van der Waals surface area (Å²) in [5, 5.41) is 9.64. The van der Waals surface area contributed by atoms with Gasteiger partial charge in [-0.05, 0) is 42.0 Å². The van der Waals surface area contributed by atoms with E-state index < -0.39 is 0 Å². The number of thioether (sulfide) groups is 1. The van der Waals surface area contributed by atoms with Gasteiger partial charge >= 0.3 is 0 Å². The van der Waals surface area contributed by atoms with Crippen molar-refractivity contribution in [3.8, 4) is 5.75 Å². The van der Waals surface area contributed by atoms with Crippen LogP contribution in [-0.4, -0.2) is 11.4 Å². The van der Waals surface area contributed by atoms with Gasteiger partial charge in [0, 0.05) is 4.90 Å². The number of phenolic OH excluding ortho intramolecular Hbond substituents is 1. The fourth-order valence-corrected chi connectivity index (χ4v) is 2.13. The molecule has 0 aliphatic heterocycles. The Labute approximate surface area is 126 Å². The zero-order valence-electron chi connectivity index (χ0n) is 12.3. The molecule has 0 saturated heterocycles. The number of phenols is 1. The van der Waals surface area contributed by atoms with Crippen LogP contribution in [0.2, 0.25) is 0 Å². The van der Waals surface area contributed by atoms with E-state index in [1.807, 2.05) is 32.0 Å². The van der Waals surface area contributed by atoms with Crippen molar-refractivity contribution in [3.63, 3.8) is 0 Å². The zero-order chi connectivity index (χ0) is 14.8. The van der Waals surface area contributed by atoms with Crippen LogP contribution in [0.15, 0.2) is 59.5 Å². The van der Waals surface area contributed by atoms with Crippen molar-refractivity contribution in [2.45, 2.75) is 25.2 Å². The molecule has 1 nitrogen and oxygen atoms in total. The van der Waals surface area contributed by atoms with Crippen molar-refractivity contribution in [1.82, 2.24) is 0 Å². The van der Waals surface area contributed by atoms with Crippen molar-refractivity contribution in [3.05, 3.63) is 65.7 Å². The van der Waals surface area contributed by atoms with Crippen LogP contribution in [0.4, 0.5) is 0 Å².